The first kappa shape index (κ1) is 19.0. The lowest BCUT2D eigenvalue weighted by molar-refractivity contribution is 0.0269. The van der Waals surface area contributed by atoms with Crippen LogP contribution in [0, 0.1) is 11.3 Å². The summed E-state index contributed by atoms with van der Waals surface area (Å²) in [6.07, 6.45) is 2.38. The van der Waals surface area contributed by atoms with E-state index in [1.165, 1.54) is 30.6 Å². The summed E-state index contributed by atoms with van der Waals surface area (Å²) in [5.41, 5.74) is 3.04. The van der Waals surface area contributed by atoms with E-state index < -0.39 is 0 Å². The van der Waals surface area contributed by atoms with E-state index in [4.69, 9.17) is 4.18 Å². The Kier molecular flexibility index (Phi) is 6.18. The fourth-order valence-corrected chi connectivity index (χ4v) is 5.26. The van der Waals surface area contributed by atoms with Crippen molar-refractivity contribution in [2.24, 2.45) is 11.3 Å². The lowest BCUT2D eigenvalue weighted by Crippen LogP contribution is -2.51. The lowest BCUT2D eigenvalue weighted by Gasteiger charge is -2.43. The predicted octanol–water partition coefficient (Wildman–Crippen LogP) is 3.91. The number of fused-ring (bicyclic) bond motifs is 1. The largest absolute Gasteiger partial charge is 0.318 e. The van der Waals surface area contributed by atoms with Gasteiger partial charge in [0.05, 0.1) is 6.61 Å². The van der Waals surface area contributed by atoms with Gasteiger partial charge in [-0.1, -0.05) is 60.7 Å². The molecular formula is C23H30N2OS. The lowest BCUT2D eigenvalue weighted by atomic mass is 9.74. The van der Waals surface area contributed by atoms with Crippen molar-refractivity contribution in [3.05, 3.63) is 71.8 Å². The normalized spacial score (nSPS) is 26.2. The number of rotatable bonds is 7. The van der Waals surface area contributed by atoms with E-state index in [0.29, 0.717) is 5.92 Å². The van der Waals surface area contributed by atoms with Crippen LogP contribution in [0.5, 0.6) is 0 Å². The average molecular weight is 383 g/mol. The molecule has 2 aromatic carbocycles. The Labute approximate surface area is 168 Å². The van der Waals surface area contributed by atoms with E-state index in [2.05, 4.69) is 83.4 Å². The molecule has 2 aromatic rings. The third kappa shape index (κ3) is 4.57. The van der Waals surface area contributed by atoms with Crippen LogP contribution in [0.4, 0.5) is 0 Å². The monoisotopic (exact) mass is 382 g/mol. The maximum absolute atomic E-state index is 5.44. The van der Waals surface area contributed by atoms with E-state index >= 15 is 0 Å². The van der Waals surface area contributed by atoms with Crippen LogP contribution < -0.4 is 0 Å². The molecule has 0 saturated carbocycles. The van der Waals surface area contributed by atoms with Gasteiger partial charge in [-0.05, 0) is 49.3 Å². The molecule has 4 heteroatoms. The second-order valence-electron chi connectivity index (χ2n) is 8.29. The Morgan fingerprint density at radius 2 is 1.59 bits per heavy atom. The number of benzene rings is 2. The van der Waals surface area contributed by atoms with Gasteiger partial charge in [-0.2, -0.15) is 0 Å². The van der Waals surface area contributed by atoms with Gasteiger partial charge in [0, 0.05) is 38.1 Å². The second-order valence-corrected chi connectivity index (χ2v) is 8.55. The van der Waals surface area contributed by atoms with Crippen LogP contribution in [0.25, 0.3) is 0 Å². The molecule has 0 aliphatic carbocycles. The van der Waals surface area contributed by atoms with Gasteiger partial charge < -0.3 is 9.08 Å². The Balaban J connectivity index is 1.40. The molecule has 0 radical (unpaired) electrons. The summed E-state index contributed by atoms with van der Waals surface area (Å²) < 4.78 is 5.44. The molecule has 0 aromatic heterocycles. The minimum atomic E-state index is 0.214. The Hall–Kier alpha value is -1.33. The van der Waals surface area contributed by atoms with Gasteiger partial charge in [0.1, 0.15) is 0 Å². The third-order valence-electron chi connectivity index (χ3n) is 6.38. The van der Waals surface area contributed by atoms with Crippen molar-refractivity contribution in [1.82, 2.24) is 9.80 Å². The van der Waals surface area contributed by atoms with Crippen LogP contribution in [0.3, 0.4) is 0 Å². The van der Waals surface area contributed by atoms with E-state index in [1.54, 1.807) is 0 Å². The van der Waals surface area contributed by atoms with Crippen molar-refractivity contribution < 1.29 is 4.18 Å². The number of thiol groups is 1. The second kappa shape index (κ2) is 8.78. The first-order chi connectivity index (χ1) is 13.3. The Morgan fingerprint density at radius 1 is 0.926 bits per heavy atom. The van der Waals surface area contributed by atoms with Crippen molar-refractivity contribution in [3.8, 4) is 0 Å². The molecular weight excluding hydrogens is 352 g/mol. The summed E-state index contributed by atoms with van der Waals surface area (Å²) in [5, 5.41) is 0. The van der Waals surface area contributed by atoms with E-state index in [0.717, 1.165) is 39.2 Å². The number of likely N-dealkylation sites (tertiary alicyclic amines) is 2. The average Bonchev–Trinajstić information content (AvgIpc) is 3.05. The first-order valence-corrected chi connectivity index (χ1v) is 10.4. The molecule has 2 aliphatic heterocycles. The van der Waals surface area contributed by atoms with Gasteiger partial charge in [-0.15, -0.1) is 0 Å². The smallest absolute Gasteiger partial charge is 0.0694 e. The fraction of sp³-hybridized carbons (Fsp3) is 0.478. The van der Waals surface area contributed by atoms with Crippen LogP contribution in [0.2, 0.25) is 0 Å². The highest BCUT2D eigenvalue weighted by Crippen LogP contribution is 2.43. The van der Waals surface area contributed by atoms with Gasteiger partial charge in [-0.25, -0.2) is 0 Å². The molecule has 144 valence electrons. The van der Waals surface area contributed by atoms with Crippen molar-refractivity contribution >= 4 is 12.9 Å². The summed E-state index contributed by atoms with van der Waals surface area (Å²) in [5.74, 6) is 0.710. The molecule has 2 unspecified atom stereocenters. The molecule has 2 heterocycles. The van der Waals surface area contributed by atoms with E-state index in [-0.39, 0.29) is 5.41 Å². The van der Waals surface area contributed by atoms with Crippen LogP contribution in [-0.2, 0) is 17.1 Å². The SMILES string of the molecule is SOCC12CN(CCc3ccccc3)CCC1CN(Cc1ccccc1)C2. The molecule has 0 bridgehead atoms. The predicted molar refractivity (Wildman–Crippen MR) is 114 cm³/mol. The minimum Gasteiger partial charge on any atom is -0.318 e. The highest BCUT2D eigenvalue weighted by molar-refractivity contribution is 7.75. The topological polar surface area (TPSA) is 15.7 Å². The van der Waals surface area contributed by atoms with Crippen molar-refractivity contribution in [1.29, 1.82) is 0 Å². The van der Waals surface area contributed by atoms with Gasteiger partial charge in [0.2, 0.25) is 0 Å². The summed E-state index contributed by atoms with van der Waals surface area (Å²) in [6, 6.07) is 21.7. The van der Waals surface area contributed by atoms with Crippen LogP contribution in [0.1, 0.15) is 17.5 Å². The highest BCUT2D eigenvalue weighted by atomic mass is 32.1. The zero-order chi connectivity index (χ0) is 18.5. The quantitative estimate of drug-likeness (QED) is 0.577. The third-order valence-corrected chi connectivity index (χ3v) is 6.51. The zero-order valence-corrected chi connectivity index (χ0v) is 16.9. The maximum atomic E-state index is 5.44. The van der Waals surface area contributed by atoms with Gasteiger partial charge in [0.25, 0.3) is 0 Å². The zero-order valence-electron chi connectivity index (χ0n) is 16.0. The van der Waals surface area contributed by atoms with Crippen molar-refractivity contribution in [3.63, 3.8) is 0 Å². The van der Waals surface area contributed by atoms with Gasteiger partial charge in [-0.3, -0.25) is 4.90 Å². The van der Waals surface area contributed by atoms with Crippen LogP contribution >= 0.6 is 12.9 Å². The van der Waals surface area contributed by atoms with Gasteiger partial charge in [0.15, 0.2) is 0 Å². The summed E-state index contributed by atoms with van der Waals surface area (Å²) in [7, 11) is 0. The standard InChI is InChI=1S/C23H30N2OS/c27-26-19-23-17-24(13-11-20-7-3-1-4-8-20)14-12-22(23)16-25(18-23)15-21-9-5-2-6-10-21/h1-10,22,27H,11-19H2. The Morgan fingerprint density at radius 3 is 2.30 bits per heavy atom. The summed E-state index contributed by atoms with van der Waals surface area (Å²) in [4.78, 5) is 5.26. The number of hydrogen-bond donors (Lipinski definition) is 1. The van der Waals surface area contributed by atoms with E-state index in [9.17, 15) is 0 Å². The molecule has 0 N–H and O–H groups in total. The van der Waals surface area contributed by atoms with Crippen LogP contribution in [0.15, 0.2) is 60.7 Å². The van der Waals surface area contributed by atoms with Crippen molar-refractivity contribution in [2.75, 3.05) is 39.3 Å². The first-order valence-electron chi connectivity index (χ1n) is 10.1. The highest BCUT2D eigenvalue weighted by Gasteiger charge is 2.49. The van der Waals surface area contributed by atoms with Gasteiger partial charge >= 0.3 is 0 Å². The Bertz CT molecular complexity index is 711. The minimum absolute atomic E-state index is 0.214. The molecule has 2 atom stereocenters. The van der Waals surface area contributed by atoms with Crippen LogP contribution in [-0.4, -0.2) is 49.1 Å². The van der Waals surface area contributed by atoms with E-state index in [1.807, 2.05) is 0 Å². The molecule has 3 nitrogen and oxygen atoms in total. The molecule has 27 heavy (non-hydrogen) atoms. The molecule has 2 aliphatic rings. The number of piperidine rings is 1. The summed E-state index contributed by atoms with van der Waals surface area (Å²) >= 11 is 4.14. The molecule has 0 spiro atoms. The number of hydrogen-bond acceptors (Lipinski definition) is 4. The molecule has 0 amide bonds. The fourth-order valence-electron chi connectivity index (χ4n) is 5.01. The molecule has 2 saturated heterocycles. The molecule has 4 rings (SSSR count). The molecule has 2 fully saturated rings. The van der Waals surface area contributed by atoms with Crippen molar-refractivity contribution in [2.45, 2.75) is 19.4 Å². The maximum Gasteiger partial charge on any atom is 0.0694 e. The number of nitrogens with zero attached hydrogens (tertiary/aromatic N) is 2. The summed E-state index contributed by atoms with van der Waals surface area (Å²) in [6.45, 7) is 7.52.